The molecule has 0 saturated carbocycles. The van der Waals surface area contributed by atoms with Crippen LogP contribution in [0.5, 0.6) is 0 Å². The lowest BCUT2D eigenvalue weighted by atomic mass is 9.82. The lowest BCUT2D eigenvalue weighted by molar-refractivity contribution is -0.148. The van der Waals surface area contributed by atoms with Crippen LogP contribution in [0.25, 0.3) is 0 Å². The molecule has 1 fully saturated rings. The minimum Gasteiger partial charge on any atom is -0.481 e. The van der Waals surface area contributed by atoms with Crippen LogP contribution in [0.2, 0.25) is 0 Å². The lowest BCUT2D eigenvalue weighted by Crippen LogP contribution is -2.46. The molecule has 1 aromatic carbocycles. The molecule has 0 aliphatic carbocycles. The molecule has 0 aromatic heterocycles. The summed E-state index contributed by atoms with van der Waals surface area (Å²) in [5.41, 5.74) is 1.74. The number of aliphatic carboxylic acids is 1. The first-order valence-electron chi connectivity index (χ1n) is 6.06. The Morgan fingerprint density at radius 2 is 2.24 bits per heavy atom. The van der Waals surface area contributed by atoms with Crippen LogP contribution in [0, 0.1) is 12.3 Å². The van der Waals surface area contributed by atoms with Crippen LogP contribution in [-0.2, 0) is 4.79 Å². The smallest absolute Gasteiger partial charge is 0.311 e. The summed E-state index contributed by atoms with van der Waals surface area (Å²) in [5, 5.41) is 9.29. The molecule has 2 rings (SSSR count). The average molecular weight is 233 g/mol. The van der Waals surface area contributed by atoms with E-state index in [2.05, 4.69) is 30.0 Å². The number of piperidine rings is 1. The largest absolute Gasteiger partial charge is 0.481 e. The zero-order chi connectivity index (χ0) is 12.5. The number of carbonyl (C=O) groups is 1. The summed E-state index contributed by atoms with van der Waals surface area (Å²) in [6.07, 6.45) is 1.71. The van der Waals surface area contributed by atoms with Crippen molar-refractivity contribution in [3.63, 3.8) is 0 Å². The number of anilines is 1. The van der Waals surface area contributed by atoms with Crippen molar-refractivity contribution in [2.45, 2.75) is 26.7 Å². The fourth-order valence-electron chi connectivity index (χ4n) is 2.46. The van der Waals surface area contributed by atoms with Gasteiger partial charge in [-0.1, -0.05) is 12.1 Å². The van der Waals surface area contributed by atoms with E-state index in [1.807, 2.05) is 13.0 Å². The Kier molecular flexibility index (Phi) is 3.09. The molecule has 1 unspecified atom stereocenters. The minimum absolute atomic E-state index is 0.603. The summed E-state index contributed by atoms with van der Waals surface area (Å²) in [6, 6.07) is 8.26. The van der Waals surface area contributed by atoms with E-state index in [0.717, 1.165) is 25.1 Å². The van der Waals surface area contributed by atoms with Gasteiger partial charge in [0.1, 0.15) is 0 Å². The molecule has 3 heteroatoms. The Morgan fingerprint density at radius 1 is 1.47 bits per heavy atom. The third kappa shape index (κ3) is 2.43. The van der Waals surface area contributed by atoms with Crippen LogP contribution in [0.3, 0.4) is 0 Å². The van der Waals surface area contributed by atoms with Gasteiger partial charge in [-0.2, -0.15) is 0 Å². The van der Waals surface area contributed by atoms with E-state index in [4.69, 9.17) is 0 Å². The quantitative estimate of drug-likeness (QED) is 0.853. The molecule has 1 aromatic rings. The van der Waals surface area contributed by atoms with Gasteiger partial charge in [-0.15, -0.1) is 0 Å². The third-order valence-electron chi connectivity index (χ3n) is 3.58. The van der Waals surface area contributed by atoms with Crippen molar-refractivity contribution in [3.8, 4) is 0 Å². The molecule has 1 aliphatic rings. The number of hydrogen-bond acceptors (Lipinski definition) is 2. The van der Waals surface area contributed by atoms with Gasteiger partial charge >= 0.3 is 5.97 Å². The molecule has 1 atom stereocenters. The summed E-state index contributed by atoms with van der Waals surface area (Å²) < 4.78 is 0. The molecule has 92 valence electrons. The van der Waals surface area contributed by atoms with Gasteiger partial charge in [0.15, 0.2) is 0 Å². The van der Waals surface area contributed by atoms with E-state index < -0.39 is 11.4 Å². The Hall–Kier alpha value is -1.51. The van der Waals surface area contributed by atoms with Gasteiger partial charge < -0.3 is 10.0 Å². The van der Waals surface area contributed by atoms with Crippen LogP contribution in [0.1, 0.15) is 25.3 Å². The van der Waals surface area contributed by atoms with Crippen LogP contribution in [0.4, 0.5) is 5.69 Å². The standard InChI is InChI=1S/C14H19NO2/c1-11-5-3-6-12(9-11)15-8-4-7-14(2,10-15)13(16)17/h3,5-6,9H,4,7-8,10H2,1-2H3,(H,16,17). The molecule has 1 N–H and O–H groups in total. The normalized spacial score (nSPS) is 24.7. The molecule has 0 radical (unpaired) electrons. The summed E-state index contributed by atoms with van der Waals surface area (Å²) >= 11 is 0. The summed E-state index contributed by atoms with van der Waals surface area (Å²) in [4.78, 5) is 13.5. The van der Waals surface area contributed by atoms with E-state index in [1.165, 1.54) is 5.56 Å². The second-order valence-electron chi connectivity index (χ2n) is 5.23. The van der Waals surface area contributed by atoms with Crippen molar-refractivity contribution in [3.05, 3.63) is 29.8 Å². The van der Waals surface area contributed by atoms with E-state index in [1.54, 1.807) is 0 Å². The fourth-order valence-corrected chi connectivity index (χ4v) is 2.46. The second kappa shape index (κ2) is 4.40. The highest BCUT2D eigenvalue weighted by molar-refractivity contribution is 5.75. The van der Waals surface area contributed by atoms with Crippen molar-refractivity contribution >= 4 is 11.7 Å². The molecule has 0 spiro atoms. The SMILES string of the molecule is Cc1cccc(N2CCCC(C)(C(=O)O)C2)c1. The van der Waals surface area contributed by atoms with Crippen LogP contribution in [-0.4, -0.2) is 24.2 Å². The minimum atomic E-state index is -0.685. The maximum Gasteiger partial charge on any atom is 0.311 e. The number of carboxylic acid groups (broad SMARTS) is 1. The molecule has 0 amide bonds. The Morgan fingerprint density at radius 3 is 2.88 bits per heavy atom. The van der Waals surface area contributed by atoms with Crippen molar-refractivity contribution in [2.75, 3.05) is 18.0 Å². The number of carboxylic acids is 1. The van der Waals surface area contributed by atoms with Gasteiger partial charge in [-0.25, -0.2) is 0 Å². The predicted molar refractivity (Wildman–Crippen MR) is 68.4 cm³/mol. The molecular weight excluding hydrogens is 214 g/mol. The molecule has 1 saturated heterocycles. The highest BCUT2D eigenvalue weighted by Gasteiger charge is 2.37. The van der Waals surface area contributed by atoms with Gasteiger partial charge in [0.05, 0.1) is 5.41 Å². The fraction of sp³-hybridized carbons (Fsp3) is 0.500. The van der Waals surface area contributed by atoms with Gasteiger partial charge in [0.25, 0.3) is 0 Å². The highest BCUT2D eigenvalue weighted by Crippen LogP contribution is 2.32. The molecular formula is C14H19NO2. The molecule has 1 aliphatic heterocycles. The number of hydrogen-bond donors (Lipinski definition) is 1. The van der Waals surface area contributed by atoms with E-state index >= 15 is 0 Å². The number of benzene rings is 1. The monoisotopic (exact) mass is 233 g/mol. The van der Waals surface area contributed by atoms with Crippen LogP contribution >= 0.6 is 0 Å². The zero-order valence-corrected chi connectivity index (χ0v) is 10.4. The van der Waals surface area contributed by atoms with Crippen molar-refractivity contribution in [1.82, 2.24) is 0 Å². The van der Waals surface area contributed by atoms with E-state index in [9.17, 15) is 9.90 Å². The van der Waals surface area contributed by atoms with Crippen molar-refractivity contribution in [1.29, 1.82) is 0 Å². The summed E-state index contributed by atoms with van der Waals surface area (Å²) in [6.45, 7) is 5.46. The van der Waals surface area contributed by atoms with Gasteiger partial charge in [-0.05, 0) is 44.4 Å². The molecule has 0 bridgehead atoms. The van der Waals surface area contributed by atoms with Gasteiger partial charge in [-0.3, -0.25) is 4.79 Å². The maximum atomic E-state index is 11.3. The summed E-state index contributed by atoms with van der Waals surface area (Å²) in [7, 11) is 0. The number of aryl methyl sites for hydroxylation is 1. The molecule has 17 heavy (non-hydrogen) atoms. The highest BCUT2D eigenvalue weighted by atomic mass is 16.4. The number of nitrogens with zero attached hydrogens (tertiary/aromatic N) is 1. The Balaban J connectivity index is 2.20. The summed E-state index contributed by atoms with van der Waals surface area (Å²) in [5.74, 6) is -0.685. The van der Waals surface area contributed by atoms with Gasteiger partial charge in [0, 0.05) is 18.8 Å². The Bertz CT molecular complexity index is 430. The first-order valence-corrected chi connectivity index (χ1v) is 6.06. The zero-order valence-electron chi connectivity index (χ0n) is 10.4. The molecule has 1 heterocycles. The van der Waals surface area contributed by atoms with Crippen molar-refractivity contribution < 1.29 is 9.90 Å². The number of rotatable bonds is 2. The van der Waals surface area contributed by atoms with E-state index in [0.29, 0.717) is 6.54 Å². The van der Waals surface area contributed by atoms with Crippen LogP contribution < -0.4 is 4.90 Å². The first-order chi connectivity index (χ1) is 8.01. The van der Waals surface area contributed by atoms with E-state index in [-0.39, 0.29) is 0 Å². The Labute approximate surface area is 102 Å². The predicted octanol–water partition coefficient (Wildman–Crippen LogP) is 2.69. The van der Waals surface area contributed by atoms with Crippen LogP contribution in [0.15, 0.2) is 24.3 Å². The third-order valence-corrected chi connectivity index (χ3v) is 3.58. The molecule has 3 nitrogen and oxygen atoms in total. The first kappa shape index (κ1) is 12.0. The lowest BCUT2D eigenvalue weighted by Gasteiger charge is -2.39. The maximum absolute atomic E-state index is 11.3. The topological polar surface area (TPSA) is 40.5 Å². The average Bonchev–Trinajstić information content (AvgIpc) is 2.29. The second-order valence-corrected chi connectivity index (χ2v) is 5.23. The van der Waals surface area contributed by atoms with Gasteiger partial charge in [0.2, 0.25) is 0 Å². The van der Waals surface area contributed by atoms with Crippen molar-refractivity contribution in [2.24, 2.45) is 5.41 Å².